The van der Waals surface area contributed by atoms with Gasteiger partial charge < -0.3 is 10.1 Å². The molecule has 5 nitrogen and oxygen atoms in total. The normalized spacial score (nSPS) is 16.1. The molecule has 1 aromatic carbocycles. The van der Waals surface area contributed by atoms with Crippen molar-refractivity contribution in [1.29, 1.82) is 0 Å². The van der Waals surface area contributed by atoms with Crippen LogP contribution in [0.3, 0.4) is 0 Å². The highest BCUT2D eigenvalue weighted by Gasteiger charge is 2.20. The Labute approximate surface area is 172 Å². The smallest absolute Gasteiger partial charge is 0.225 e. The van der Waals surface area contributed by atoms with Crippen molar-refractivity contribution in [2.75, 3.05) is 32.8 Å². The molecule has 1 unspecified atom stereocenters. The minimum absolute atomic E-state index is 0.0790. The van der Waals surface area contributed by atoms with Crippen LogP contribution in [0.25, 0.3) is 11.3 Å². The Bertz CT molecular complexity index is 812. The van der Waals surface area contributed by atoms with Crippen molar-refractivity contribution < 1.29 is 9.53 Å². The number of hydrogen-bond acceptors (Lipinski definition) is 5. The number of carbonyl (C=O) groups is 1. The first-order chi connectivity index (χ1) is 13.5. The van der Waals surface area contributed by atoms with Crippen molar-refractivity contribution in [3.63, 3.8) is 0 Å². The number of aryl methyl sites for hydroxylation is 3. The second-order valence-electron chi connectivity index (χ2n) is 7.59. The summed E-state index contributed by atoms with van der Waals surface area (Å²) < 4.78 is 5.42. The van der Waals surface area contributed by atoms with Gasteiger partial charge in [-0.25, -0.2) is 4.98 Å². The van der Waals surface area contributed by atoms with Crippen LogP contribution in [-0.4, -0.2) is 54.7 Å². The number of nitrogens with zero attached hydrogens (tertiary/aromatic N) is 2. The van der Waals surface area contributed by atoms with Gasteiger partial charge in [0.2, 0.25) is 5.91 Å². The number of ether oxygens (including phenoxy) is 1. The molecule has 0 aliphatic carbocycles. The van der Waals surface area contributed by atoms with E-state index < -0.39 is 0 Å². The van der Waals surface area contributed by atoms with Crippen LogP contribution in [0.2, 0.25) is 0 Å². The largest absolute Gasteiger partial charge is 0.379 e. The fraction of sp³-hybridized carbons (Fsp3) is 0.545. The average molecular weight is 402 g/mol. The van der Waals surface area contributed by atoms with Gasteiger partial charge in [0.05, 0.1) is 30.3 Å². The van der Waals surface area contributed by atoms with Crippen LogP contribution in [0.15, 0.2) is 18.2 Å². The molecule has 6 heteroatoms. The standard InChI is InChI=1S/C22H31N3O2S/c1-5-18(14-25-8-10-27-11-9-25)24-21(26)13-20-22(23-17(4)28-20)19-12-15(2)6-7-16(19)3/h6-7,12,18H,5,8-11,13-14H2,1-4H3,(H,24,26). The van der Waals surface area contributed by atoms with Crippen LogP contribution in [0.5, 0.6) is 0 Å². The summed E-state index contributed by atoms with van der Waals surface area (Å²) >= 11 is 1.62. The lowest BCUT2D eigenvalue weighted by molar-refractivity contribution is -0.121. The van der Waals surface area contributed by atoms with Gasteiger partial charge in [0.1, 0.15) is 0 Å². The predicted octanol–water partition coefficient (Wildman–Crippen LogP) is 3.50. The van der Waals surface area contributed by atoms with Gasteiger partial charge >= 0.3 is 0 Å². The van der Waals surface area contributed by atoms with E-state index in [2.05, 4.69) is 49.2 Å². The number of nitrogens with one attached hydrogen (secondary N) is 1. The SMILES string of the molecule is CCC(CN1CCOCC1)NC(=O)Cc1sc(C)nc1-c1cc(C)ccc1C. The van der Waals surface area contributed by atoms with Crippen molar-refractivity contribution in [1.82, 2.24) is 15.2 Å². The van der Waals surface area contributed by atoms with Crippen LogP contribution < -0.4 is 5.32 Å². The molecular weight excluding hydrogens is 370 g/mol. The zero-order chi connectivity index (χ0) is 20.1. The van der Waals surface area contributed by atoms with E-state index in [0.717, 1.165) is 60.4 Å². The molecule has 1 fully saturated rings. The molecule has 1 amide bonds. The number of rotatable bonds is 7. The molecule has 1 aliphatic heterocycles. The summed E-state index contributed by atoms with van der Waals surface area (Å²) in [5.74, 6) is 0.0790. The van der Waals surface area contributed by atoms with Gasteiger partial charge in [-0.2, -0.15) is 0 Å². The van der Waals surface area contributed by atoms with E-state index in [9.17, 15) is 4.79 Å². The minimum Gasteiger partial charge on any atom is -0.379 e. The van der Waals surface area contributed by atoms with Gasteiger partial charge in [-0.3, -0.25) is 9.69 Å². The maximum absolute atomic E-state index is 12.8. The van der Waals surface area contributed by atoms with Crippen LogP contribution in [0.4, 0.5) is 0 Å². The molecule has 1 saturated heterocycles. The predicted molar refractivity (Wildman–Crippen MR) is 115 cm³/mol. The zero-order valence-corrected chi connectivity index (χ0v) is 18.2. The molecule has 0 spiro atoms. The summed E-state index contributed by atoms with van der Waals surface area (Å²) in [4.78, 5) is 21.0. The summed E-state index contributed by atoms with van der Waals surface area (Å²) in [7, 11) is 0. The van der Waals surface area contributed by atoms with E-state index in [-0.39, 0.29) is 11.9 Å². The van der Waals surface area contributed by atoms with Crippen LogP contribution >= 0.6 is 11.3 Å². The first kappa shape index (κ1) is 21.0. The third-order valence-corrected chi connectivity index (χ3v) is 6.18. The van der Waals surface area contributed by atoms with Crippen LogP contribution in [-0.2, 0) is 16.0 Å². The summed E-state index contributed by atoms with van der Waals surface area (Å²) in [6.07, 6.45) is 1.31. The lowest BCUT2D eigenvalue weighted by Crippen LogP contribution is -2.47. The first-order valence-corrected chi connectivity index (χ1v) is 10.9. The number of thiazole rings is 1. The maximum Gasteiger partial charge on any atom is 0.225 e. The molecule has 2 heterocycles. The van der Waals surface area contributed by atoms with E-state index in [1.165, 1.54) is 11.1 Å². The summed E-state index contributed by atoms with van der Waals surface area (Å²) in [5.41, 5.74) is 4.49. The fourth-order valence-electron chi connectivity index (χ4n) is 3.59. The second kappa shape index (κ2) is 9.63. The fourth-order valence-corrected chi connectivity index (χ4v) is 4.54. The second-order valence-corrected chi connectivity index (χ2v) is 8.87. The maximum atomic E-state index is 12.8. The van der Waals surface area contributed by atoms with Crippen molar-refractivity contribution >= 4 is 17.2 Å². The topological polar surface area (TPSA) is 54.5 Å². The highest BCUT2D eigenvalue weighted by Crippen LogP contribution is 2.31. The van der Waals surface area contributed by atoms with Gasteiger partial charge in [0.15, 0.2) is 0 Å². The molecule has 1 N–H and O–H groups in total. The molecule has 0 saturated carbocycles. The number of hydrogen-bond donors (Lipinski definition) is 1. The van der Waals surface area contributed by atoms with Crippen LogP contribution in [0, 0.1) is 20.8 Å². The average Bonchev–Trinajstić information content (AvgIpc) is 3.03. The number of amides is 1. The van der Waals surface area contributed by atoms with E-state index in [0.29, 0.717) is 6.42 Å². The van der Waals surface area contributed by atoms with E-state index >= 15 is 0 Å². The lowest BCUT2D eigenvalue weighted by Gasteiger charge is -2.30. The summed E-state index contributed by atoms with van der Waals surface area (Å²) in [6, 6.07) is 6.57. The van der Waals surface area contributed by atoms with Crippen molar-refractivity contribution in [3.05, 3.63) is 39.2 Å². The zero-order valence-electron chi connectivity index (χ0n) is 17.4. The van der Waals surface area contributed by atoms with Gasteiger partial charge in [-0.05, 0) is 38.8 Å². The van der Waals surface area contributed by atoms with Gasteiger partial charge in [0, 0.05) is 36.1 Å². The monoisotopic (exact) mass is 401 g/mol. The molecule has 0 radical (unpaired) electrons. The number of morpholine rings is 1. The molecule has 3 rings (SSSR count). The van der Waals surface area contributed by atoms with Gasteiger partial charge in [-0.15, -0.1) is 11.3 Å². The third kappa shape index (κ3) is 5.40. The molecule has 1 atom stereocenters. The summed E-state index contributed by atoms with van der Waals surface area (Å²) in [5, 5.41) is 4.23. The minimum atomic E-state index is 0.0790. The molecule has 1 aromatic heterocycles. The van der Waals surface area contributed by atoms with Crippen molar-refractivity contribution in [2.24, 2.45) is 0 Å². The Hall–Kier alpha value is -1.76. The Kier molecular flexibility index (Phi) is 7.21. The third-order valence-electron chi connectivity index (χ3n) is 5.21. The molecule has 2 aromatic rings. The summed E-state index contributed by atoms with van der Waals surface area (Å²) in [6.45, 7) is 12.7. The highest BCUT2D eigenvalue weighted by molar-refractivity contribution is 7.12. The molecular formula is C22H31N3O2S. The van der Waals surface area contributed by atoms with E-state index in [1.807, 2.05) is 6.92 Å². The molecule has 152 valence electrons. The molecule has 0 bridgehead atoms. The number of aromatic nitrogens is 1. The van der Waals surface area contributed by atoms with Crippen molar-refractivity contribution in [3.8, 4) is 11.3 Å². The Morgan fingerprint density at radius 1 is 1.29 bits per heavy atom. The molecule has 28 heavy (non-hydrogen) atoms. The van der Waals surface area contributed by atoms with Crippen molar-refractivity contribution in [2.45, 2.75) is 46.6 Å². The number of benzene rings is 1. The molecule has 1 aliphatic rings. The van der Waals surface area contributed by atoms with Gasteiger partial charge in [-0.1, -0.05) is 24.6 Å². The van der Waals surface area contributed by atoms with E-state index in [4.69, 9.17) is 9.72 Å². The van der Waals surface area contributed by atoms with Crippen LogP contribution in [0.1, 0.15) is 34.4 Å². The lowest BCUT2D eigenvalue weighted by atomic mass is 10.0. The van der Waals surface area contributed by atoms with Gasteiger partial charge in [0.25, 0.3) is 0 Å². The Morgan fingerprint density at radius 2 is 2.04 bits per heavy atom. The quantitative estimate of drug-likeness (QED) is 0.771. The first-order valence-electron chi connectivity index (χ1n) is 10.1. The van der Waals surface area contributed by atoms with E-state index in [1.54, 1.807) is 11.3 Å². The Balaban J connectivity index is 1.69. The Morgan fingerprint density at radius 3 is 2.75 bits per heavy atom. The number of carbonyl (C=O) groups excluding carboxylic acids is 1. The highest BCUT2D eigenvalue weighted by atomic mass is 32.1.